The summed E-state index contributed by atoms with van der Waals surface area (Å²) in [6.45, 7) is 0.0574. The number of methoxy groups -OCH3 is 1. The Morgan fingerprint density at radius 1 is 1.25 bits per heavy atom. The van der Waals surface area contributed by atoms with E-state index in [0.29, 0.717) is 17.0 Å². The van der Waals surface area contributed by atoms with Crippen LogP contribution in [-0.2, 0) is 11.3 Å². The zero-order valence-electron chi connectivity index (χ0n) is 12.9. The van der Waals surface area contributed by atoms with Crippen molar-refractivity contribution in [1.29, 1.82) is 0 Å². The number of hydrogen-bond donors (Lipinski definition) is 1. The number of nitro groups is 1. The van der Waals surface area contributed by atoms with Gasteiger partial charge in [-0.2, -0.15) is 0 Å². The summed E-state index contributed by atoms with van der Waals surface area (Å²) in [6, 6.07) is 13.5. The molecule has 3 rings (SSSR count). The van der Waals surface area contributed by atoms with E-state index in [1.807, 2.05) is 6.07 Å². The summed E-state index contributed by atoms with van der Waals surface area (Å²) < 4.78 is 6.79. The minimum absolute atomic E-state index is 0.00402. The molecule has 0 atom stereocenters. The molecule has 1 amide bonds. The lowest BCUT2D eigenvalue weighted by Crippen LogP contribution is -2.18. The molecule has 1 heterocycles. The maximum absolute atomic E-state index is 12.2. The molecular weight excluding hydrogens is 310 g/mol. The second kappa shape index (κ2) is 6.41. The first kappa shape index (κ1) is 15.5. The average Bonchev–Trinajstić information content (AvgIpc) is 2.97. The Morgan fingerprint density at radius 2 is 2.08 bits per heavy atom. The van der Waals surface area contributed by atoms with E-state index in [9.17, 15) is 14.9 Å². The highest BCUT2D eigenvalue weighted by Crippen LogP contribution is 2.22. The Kier molecular flexibility index (Phi) is 4.15. The minimum atomic E-state index is -0.451. The van der Waals surface area contributed by atoms with Crippen molar-refractivity contribution in [2.24, 2.45) is 0 Å². The Bertz CT molecular complexity index is 917. The summed E-state index contributed by atoms with van der Waals surface area (Å²) in [4.78, 5) is 22.7. The third-order valence-corrected chi connectivity index (χ3v) is 3.64. The van der Waals surface area contributed by atoms with Gasteiger partial charge < -0.3 is 14.6 Å². The van der Waals surface area contributed by atoms with Crippen LogP contribution < -0.4 is 10.1 Å². The summed E-state index contributed by atoms with van der Waals surface area (Å²) in [5.41, 5.74) is 1.27. The SMILES string of the molecule is COc1cccc(NC(=O)Cn2ccc3ccc([N+](=O)[O-])cc32)c1. The molecule has 0 aliphatic heterocycles. The number of non-ortho nitro benzene ring substituents is 1. The number of carbonyl (C=O) groups is 1. The average molecular weight is 325 g/mol. The molecule has 0 fully saturated rings. The number of ether oxygens (including phenoxy) is 1. The van der Waals surface area contributed by atoms with Crippen molar-refractivity contribution in [2.75, 3.05) is 12.4 Å². The second-order valence-electron chi connectivity index (χ2n) is 5.22. The highest BCUT2D eigenvalue weighted by atomic mass is 16.6. The van der Waals surface area contributed by atoms with Crippen molar-refractivity contribution < 1.29 is 14.5 Å². The fourth-order valence-corrected chi connectivity index (χ4v) is 2.48. The van der Waals surface area contributed by atoms with E-state index in [-0.39, 0.29) is 18.1 Å². The molecule has 1 aromatic heterocycles. The normalized spacial score (nSPS) is 10.5. The fraction of sp³-hybridized carbons (Fsp3) is 0.118. The molecule has 0 aliphatic carbocycles. The molecule has 3 aromatic rings. The zero-order valence-corrected chi connectivity index (χ0v) is 12.9. The van der Waals surface area contributed by atoms with Crippen molar-refractivity contribution in [3.8, 4) is 5.75 Å². The lowest BCUT2D eigenvalue weighted by Gasteiger charge is -2.08. The van der Waals surface area contributed by atoms with Gasteiger partial charge in [0.15, 0.2) is 0 Å². The molecule has 0 saturated carbocycles. The Hall–Kier alpha value is -3.35. The summed E-state index contributed by atoms with van der Waals surface area (Å²) in [5, 5.41) is 14.5. The first-order valence-electron chi connectivity index (χ1n) is 7.24. The number of rotatable bonds is 5. The molecule has 0 aliphatic rings. The molecular formula is C17H15N3O4. The fourth-order valence-electron chi connectivity index (χ4n) is 2.48. The van der Waals surface area contributed by atoms with Crippen LogP contribution in [0.5, 0.6) is 5.75 Å². The van der Waals surface area contributed by atoms with Crippen LogP contribution in [0.4, 0.5) is 11.4 Å². The second-order valence-corrected chi connectivity index (χ2v) is 5.22. The topological polar surface area (TPSA) is 86.4 Å². The predicted octanol–water partition coefficient (Wildman–Crippen LogP) is 3.20. The van der Waals surface area contributed by atoms with Gasteiger partial charge >= 0.3 is 0 Å². The number of fused-ring (bicyclic) bond motifs is 1. The van der Waals surface area contributed by atoms with E-state index in [1.54, 1.807) is 48.2 Å². The summed E-state index contributed by atoms with van der Waals surface area (Å²) in [6.07, 6.45) is 1.74. The summed E-state index contributed by atoms with van der Waals surface area (Å²) in [5.74, 6) is 0.419. The van der Waals surface area contributed by atoms with Gasteiger partial charge in [-0.1, -0.05) is 6.07 Å². The van der Waals surface area contributed by atoms with Crippen molar-refractivity contribution >= 4 is 28.2 Å². The number of hydrogen-bond acceptors (Lipinski definition) is 4. The number of anilines is 1. The molecule has 1 N–H and O–H groups in total. The predicted molar refractivity (Wildman–Crippen MR) is 90.2 cm³/mol. The molecule has 122 valence electrons. The molecule has 7 heteroatoms. The Morgan fingerprint density at radius 3 is 2.83 bits per heavy atom. The van der Waals surface area contributed by atoms with Crippen LogP contribution in [0.1, 0.15) is 0 Å². The monoisotopic (exact) mass is 325 g/mol. The summed E-state index contributed by atoms with van der Waals surface area (Å²) in [7, 11) is 1.56. The van der Waals surface area contributed by atoms with Gasteiger partial charge in [-0.15, -0.1) is 0 Å². The quantitative estimate of drug-likeness (QED) is 0.576. The standard InChI is InChI=1S/C17H15N3O4/c1-24-15-4-2-3-13(9-15)18-17(21)11-19-8-7-12-5-6-14(20(22)23)10-16(12)19/h2-10H,11H2,1H3,(H,18,21). The first-order chi connectivity index (χ1) is 11.6. The van der Waals surface area contributed by atoms with E-state index in [1.165, 1.54) is 12.1 Å². The van der Waals surface area contributed by atoms with Crippen molar-refractivity contribution in [3.63, 3.8) is 0 Å². The molecule has 24 heavy (non-hydrogen) atoms. The smallest absolute Gasteiger partial charge is 0.271 e. The third-order valence-electron chi connectivity index (χ3n) is 3.64. The molecule has 0 bridgehead atoms. The van der Waals surface area contributed by atoms with Crippen molar-refractivity contribution in [3.05, 3.63) is 64.8 Å². The van der Waals surface area contributed by atoms with E-state index in [0.717, 1.165) is 5.39 Å². The van der Waals surface area contributed by atoms with E-state index in [2.05, 4.69) is 5.32 Å². The number of nitrogens with one attached hydrogen (secondary N) is 1. The number of aromatic nitrogens is 1. The Balaban J connectivity index is 1.80. The third kappa shape index (κ3) is 3.19. The van der Waals surface area contributed by atoms with Crippen LogP contribution >= 0.6 is 0 Å². The Labute approximate surface area is 137 Å². The highest BCUT2D eigenvalue weighted by molar-refractivity contribution is 5.92. The largest absolute Gasteiger partial charge is 0.497 e. The number of carbonyl (C=O) groups excluding carboxylic acids is 1. The van der Waals surface area contributed by atoms with Crippen LogP contribution in [0.3, 0.4) is 0 Å². The molecule has 0 spiro atoms. The van der Waals surface area contributed by atoms with Crippen LogP contribution in [-0.4, -0.2) is 22.5 Å². The number of benzene rings is 2. The summed E-state index contributed by atoms with van der Waals surface area (Å²) >= 11 is 0. The van der Waals surface area contributed by atoms with E-state index in [4.69, 9.17) is 4.74 Å². The first-order valence-corrected chi connectivity index (χ1v) is 7.24. The van der Waals surface area contributed by atoms with E-state index >= 15 is 0 Å². The van der Waals surface area contributed by atoms with Gasteiger partial charge in [0.2, 0.25) is 5.91 Å². The van der Waals surface area contributed by atoms with E-state index < -0.39 is 4.92 Å². The number of nitrogens with zero attached hydrogens (tertiary/aromatic N) is 2. The van der Waals surface area contributed by atoms with Crippen molar-refractivity contribution in [1.82, 2.24) is 4.57 Å². The molecule has 0 unspecified atom stereocenters. The van der Waals surface area contributed by atoms with Crippen LogP contribution in [0.2, 0.25) is 0 Å². The van der Waals surface area contributed by atoms with Crippen LogP contribution in [0.15, 0.2) is 54.7 Å². The number of nitro benzene ring substituents is 1. The maximum atomic E-state index is 12.2. The van der Waals surface area contributed by atoms with Crippen molar-refractivity contribution in [2.45, 2.75) is 6.54 Å². The zero-order chi connectivity index (χ0) is 17.1. The molecule has 0 saturated heterocycles. The lowest BCUT2D eigenvalue weighted by molar-refractivity contribution is -0.384. The van der Waals surface area contributed by atoms with Gasteiger partial charge in [0.25, 0.3) is 5.69 Å². The van der Waals surface area contributed by atoms with Gasteiger partial charge in [0.1, 0.15) is 12.3 Å². The molecule has 2 aromatic carbocycles. The van der Waals surface area contributed by atoms with Gasteiger partial charge in [0, 0.05) is 35.5 Å². The highest BCUT2D eigenvalue weighted by Gasteiger charge is 2.11. The van der Waals surface area contributed by atoms with Gasteiger partial charge in [-0.05, 0) is 24.3 Å². The van der Waals surface area contributed by atoms with Gasteiger partial charge in [0.05, 0.1) is 17.5 Å². The van der Waals surface area contributed by atoms with Crippen LogP contribution in [0, 0.1) is 10.1 Å². The van der Waals surface area contributed by atoms with Gasteiger partial charge in [-0.25, -0.2) is 0 Å². The molecule has 0 radical (unpaired) electrons. The maximum Gasteiger partial charge on any atom is 0.271 e. The minimum Gasteiger partial charge on any atom is -0.497 e. The molecule has 7 nitrogen and oxygen atoms in total. The van der Waals surface area contributed by atoms with Gasteiger partial charge in [-0.3, -0.25) is 14.9 Å². The van der Waals surface area contributed by atoms with Crippen LogP contribution in [0.25, 0.3) is 10.9 Å². The lowest BCUT2D eigenvalue weighted by atomic mass is 10.2. The number of amides is 1.